The Hall–Kier alpha value is -2.14. The number of hydrogen-bond acceptors (Lipinski definition) is 5. The van der Waals surface area contributed by atoms with E-state index in [1.165, 1.54) is 16.4 Å². The summed E-state index contributed by atoms with van der Waals surface area (Å²) in [5.74, 6) is -2.61. The van der Waals surface area contributed by atoms with Gasteiger partial charge in [0.2, 0.25) is 10.0 Å². The van der Waals surface area contributed by atoms with Gasteiger partial charge in [-0.15, -0.1) is 0 Å². The minimum atomic E-state index is -4.97. The zero-order chi connectivity index (χ0) is 22.1. The minimum Gasteiger partial charge on any atom is -0.466 e. The summed E-state index contributed by atoms with van der Waals surface area (Å²) < 4.78 is 70.4. The third kappa shape index (κ3) is 4.61. The number of alkyl halides is 3. The molecule has 0 atom stereocenters. The van der Waals surface area contributed by atoms with E-state index in [4.69, 9.17) is 4.74 Å². The zero-order valence-corrected chi connectivity index (χ0v) is 17.3. The standard InChI is InChI=1S/C19H23F3N2O5S/c1-2-29-17(25)14-6-9-24(10-7-14)30(27,28)16-4-3-13-5-8-23(12-15(13)11-16)18(26)19(20,21)22/h3-4,11,14H,2,5-10,12H2,1H3. The molecule has 0 bridgehead atoms. The third-order valence-electron chi connectivity index (χ3n) is 5.43. The van der Waals surface area contributed by atoms with Crippen LogP contribution in [0.2, 0.25) is 0 Å². The second kappa shape index (κ2) is 8.54. The molecule has 1 saturated heterocycles. The van der Waals surface area contributed by atoms with Crippen LogP contribution in [0, 0.1) is 5.92 Å². The molecule has 1 aromatic rings. The highest BCUT2D eigenvalue weighted by molar-refractivity contribution is 7.89. The lowest BCUT2D eigenvalue weighted by Crippen LogP contribution is -2.44. The number of sulfonamides is 1. The minimum absolute atomic E-state index is 0.0304. The molecule has 0 unspecified atom stereocenters. The lowest BCUT2D eigenvalue weighted by Gasteiger charge is -2.31. The molecule has 3 rings (SSSR count). The number of carbonyl (C=O) groups is 2. The number of piperidine rings is 1. The fourth-order valence-electron chi connectivity index (χ4n) is 3.79. The van der Waals surface area contributed by atoms with Crippen LogP contribution in [0.1, 0.15) is 30.9 Å². The molecule has 1 amide bonds. The van der Waals surface area contributed by atoms with Gasteiger partial charge < -0.3 is 9.64 Å². The van der Waals surface area contributed by atoms with Gasteiger partial charge in [0.1, 0.15) is 0 Å². The molecule has 1 fully saturated rings. The Labute approximate surface area is 172 Å². The Kier molecular flexibility index (Phi) is 6.42. The first-order valence-corrected chi connectivity index (χ1v) is 11.1. The van der Waals surface area contributed by atoms with Crippen LogP contribution >= 0.6 is 0 Å². The molecule has 2 heterocycles. The van der Waals surface area contributed by atoms with Crippen LogP contribution < -0.4 is 0 Å². The van der Waals surface area contributed by atoms with Crippen molar-refractivity contribution in [3.8, 4) is 0 Å². The van der Waals surface area contributed by atoms with Gasteiger partial charge in [0.25, 0.3) is 0 Å². The van der Waals surface area contributed by atoms with E-state index in [-0.39, 0.29) is 56.0 Å². The first-order valence-electron chi connectivity index (χ1n) is 9.68. The van der Waals surface area contributed by atoms with Crippen molar-refractivity contribution in [3.05, 3.63) is 29.3 Å². The molecule has 0 aliphatic carbocycles. The molecule has 2 aliphatic heterocycles. The van der Waals surface area contributed by atoms with E-state index in [1.54, 1.807) is 13.0 Å². The van der Waals surface area contributed by atoms with E-state index in [1.807, 2.05) is 0 Å². The molecule has 0 saturated carbocycles. The van der Waals surface area contributed by atoms with E-state index in [0.29, 0.717) is 23.3 Å². The van der Waals surface area contributed by atoms with Gasteiger partial charge in [0, 0.05) is 26.2 Å². The maximum atomic E-state index is 13.0. The first kappa shape index (κ1) is 22.5. The van der Waals surface area contributed by atoms with Crippen molar-refractivity contribution in [1.29, 1.82) is 0 Å². The molecule has 0 aromatic heterocycles. The highest BCUT2D eigenvalue weighted by atomic mass is 32.2. The number of benzene rings is 1. The second-order valence-corrected chi connectivity index (χ2v) is 9.27. The zero-order valence-electron chi connectivity index (χ0n) is 16.4. The lowest BCUT2D eigenvalue weighted by molar-refractivity contribution is -0.186. The molecule has 0 radical (unpaired) electrons. The van der Waals surface area contributed by atoms with Crippen LogP contribution in [0.25, 0.3) is 0 Å². The highest BCUT2D eigenvalue weighted by Gasteiger charge is 2.43. The van der Waals surface area contributed by atoms with E-state index >= 15 is 0 Å². The van der Waals surface area contributed by atoms with Crippen molar-refractivity contribution in [1.82, 2.24) is 9.21 Å². The number of fused-ring (bicyclic) bond motifs is 1. The Balaban J connectivity index is 1.74. The molecule has 2 aliphatic rings. The molecule has 30 heavy (non-hydrogen) atoms. The van der Waals surface area contributed by atoms with Crippen molar-refractivity contribution < 1.29 is 35.9 Å². The molecule has 166 valence electrons. The summed E-state index contributed by atoms with van der Waals surface area (Å²) in [5, 5.41) is 0. The number of hydrogen-bond donors (Lipinski definition) is 0. The van der Waals surface area contributed by atoms with Gasteiger partial charge in [-0.1, -0.05) is 6.07 Å². The number of amides is 1. The van der Waals surface area contributed by atoms with Gasteiger partial charge in [-0.3, -0.25) is 9.59 Å². The monoisotopic (exact) mass is 448 g/mol. The normalized spacial score (nSPS) is 18.7. The Morgan fingerprint density at radius 1 is 1.13 bits per heavy atom. The van der Waals surface area contributed by atoms with Crippen molar-refractivity contribution in [2.24, 2.45) is 5.92 Å². The Morgan fingerprint density at radius 3 is 2.40 bits per heavy atom. The average molecular weight is 448 g/mol. The fraction of sp³-hybridized carbons (Fsp3) is 0.579. The first-order chi connectivity index (χ1) is 14.0. The molecule has 0 spiro atoms. The smallest absolute Gasteiger partial charge is 0.466 e. The van der Waals surface area contributed by atoms with Crippen molar-refractivity contribution >= 4 is 21.9 Å². The maximum Gasteiger partial charge on any atom is 0.471 e. The largest absolute Gasteiger partial charge is 0.471 e. The summed E-state index contributed by atoms with van der Waals surface area (Å²) in [4.78, 5) is 24.0. The average Bonchev–Trinajstić information content (AvgIpc) is 2.72. The summed E-state index contributed by atoms with van der Waals surface area (Å²) in [6, 6.07) is 4.37. The van der Waals surface area contributed by atoms with Crippen LogP contribution in [-0.4, -0.2) is 61.9 Å². The van der Waals surface area contributed by atoms with Gasteiger partial charge in [0.05, 0.1) is 17.4 Å². The number of rotatable bonds is 4. The second-order valence-electron chi connectivity index (χ2n) is 7.34. The van der Waals surface area contributed by atoms with Crippen molar-refractivity contribution in [2.45, 2.75) is 43.8 Å². The number of halogens is 3. The van der Waals surface area contributed by atoms with Crippen molar-refractivity contribution in [3.63, 3.8) is 0 Å². The quantitative estimate of drug-likeness (QED) is 0.659. The van der Waals surface area contributed by atoms with E-state index in [2.05, 4.69) is 0 Å². The van der Waals surface area contributed by atoms with Crippen LogP contribution in [-0.2, 0) is 37.3 Å². The Bertz CT molecular complexity index is 925. The van der Waals surface area contributed by atoms with Crippen molar-refractivity contribution in [2.75, 3.05) is 26.2 Å². The fourth-order valence-corrected chi connectivity index (χ4v) is 5.31. The SMILES string of the molecule is CCOC(=O)C1CCN(S(=O)(=O)c2ccc3c(c2)CN(C(=O)C(F)(F)F)CC3)CC1. The van der Waals surface area contributed by atoms with Gasteiger partial charge >= 0.3 is 18.1 Å². The Morgan fingerprint density at radius 2 is 1.80 bits per heavy atom. The van der Waals surface area contributed by atoms with Crippen LogP contribution in [0.3, 0.4) is 0 Å². The number of nitrogens with zero attached hydrogens (tertiary/aromatic N) is 2. The van der Waals surface area contributed by atoms with Gasteiger partial charge in [0.15, 0.2) is 0 Å². The van der Waals surface area contributed by atoms with Crippen LogP contribution in [0.5, 0.6) is 0 Å². The summed E-state index contributed by atoms with van der Waals surface area (Å²) in [7, 11) is -3.87. The maximum absolute atomic E-state index is 13.0. The summed E-state index contributed by atoms with van der Waals surface area (Å²) in [5.41, 5.74) is 1.11. The van der Waals surface area contributed by atoms with Crippen LogP contribution in [0.4, 0.5) is 13.2 Å². The van der Waals surface area contributed by atoms with E-state index in [0.717, 1.165) is 5.56 Å². The summed E-state index contributed by atoms with van der Waals surface area (Å²) in [6.45, 7) is 1.92. The predicted molar refractivity (Wildman–Crippen MR) is 99.7 cm³/mol. The topological polar surface area (TPSA) is 84.0 Å². The summed E-state index contributed by atoms with van der Waals surface area (Å²) in [6.07, 6.45) is -4.05. The molecule has 0 N–H and O–H groups in total. The van der Waals surface area contributed by atoms with Gasteiger partial charge in [-0.05, 0) is 49.4 Å². The highest BCUT2D eigenvalue weighted by Crippen LogP contribution is 2.29. The van der Waals surface area contributed by atoms with E-state index in [9.17, 15) is 31.2 Å². The molecule has 7 nitrogen and oxygen atoms in total. The molecular formula is C19H23F3N2O5S. The number of carbonyl (C=O) groups excluding carboxylic acids is 2. The number of esters is 1. The number of ether oxygens (including phenoxy) is 1. The summed E-state index contributed by atoms with van der Waals surface area (Å²) >= 11 is 0. The molecular weight excluding hydrogens is 425 g/mol. The van der Waals surface area contributed by atoms with E-state index < -0.39 is 22.1 Å². The van der Waals surface area contributed by atoms with Gasteiger partial charge in [-0.25, -0.2) is 8.42 Å². The van der Waals surface area contributed by atoms with Crippen LogP contribution in [0.15, 0.2) is 23.1 Å². The lowest BCUT2D eigenvalue weighted by atomic mass is 9.98. The third-order valence-corrected chi connectivity index (χ3v) is 7.33. The molecule has 11 heteroatoms. The molecule has 1 aromatic carbocycles. The predicted octanol–water partition coefficient (Wildman–Crippen LogP) is 2.10. The van der Waals surface area contributed by atoms with Gasteiger partial charge in [-0.2, -0.15) is 17.5 Å².